The minimum Gasteiger partial charge on any atom is -0.456 e. The van der Waals surface area contributed by atoms with E-state index in [1.165, 1.54) is 0 Å². The molecule has 0 heterocycles. The molecule has 3 nitrogen and oxygen atoms in total. The van der Waals surface area contributed by atoms with E-state index in [0.29, 0.717) is 33.2 Å². The molecule has 0 fully saturated rings. The summed E-state index contributed by atoms with van der Waals surface area (Å²) in [5, 5.41) is 2.26. The van der Waals surface area contributed by atoms with Gasteiger partial charge in [-0.1, -0.05) is 72.3 Å². The number of carbonyl (C=O) groups is 2. The standard InChI is InChI=1S/C24H13ClO3/c25-18-11-3-6-14-7-4-12-19(21(14)18)28-20-13-5-10-17-22(20)24(27)16-9-2-1-8-15(16)23(17)26/h1-13H. The smallest absolute Gasteiger partial charge is 0.198 e. The fraction of sp³-hybridized carbons (Fsp3) is 0. The molecule has 134 valence electrons. The molecule has 28 heavy (non-hydrogen) atoms. The first-order chi connectivity index (χ1) is 13.6. The molecule has 4 heteroatoms. The molecule has 4 aromatic carbocycles. The third-order valence-electron chi connectivity index (χ3n) is 4.95. The second-order valence-electron chi connectivity index (χ2n) is 6.58. The van der Waals surface area contributed by atoms with Crippen molar-refractivity contribution in [2.24, 2.45) is 0 Å². The van der Waals surface area contributed by atoms with Crippen molar-refractivity contribution in [3.05, 3.63) is 106 Å². The molecule has 1 aliphatic rings. The van der Waals surface area contributed by atoms with Crippen LogP contribution in [-0.4, -0.2) is 11.6 Å². The predicted octanol–water partition coefficient (Wildman–Crippen LogP) is 6.06. The quantitative estimate of drug-likeness (QED) is 0.371. The van der Waals surface area contributed by atoms with Gasteiger partial charge in [-0.25, -0.2) is 0 Å². The largest absolute Gasteiger partial charge is 0.456 e. The topological polar surface area (TPSA) is 43.4 Å². The van der Waals surface area contributed by atoms with Gasteiger partial charge in [0.15, 0.2) is 11.6 Å². The van der Waals surface area contributed by atoms with Gasteiger partial charge in [0.1, 0.15) is 11.5 Å². The molecule has 0 radical (unpaired) electrons. The average Bonchev–Trinajstić information content (AvgIpc) is 2.72. The molecule has 1 aliphatic carbocycles. The van der Waals surface area contributed by atoms with Crippen LogP contribution in [-0.2, 0) is 0 Å². The summed E-state index contributed by atoms with van der Waals surface area (Å²) in [6, 6.07) is 23.2. The van der Waals surface area contributed by atoms with Gasteiger partial charge in [-0.05, 0) is 23.6 Å². The zero-order valence-corrected chi connectivity index (χ0v) is 15.4. The van der Waals surface area contributed by atoms with Gasteiger partial charge in [-0.2, -0.15) is 0 Å². The van der Waals surface area contributed by atoms with Gasteiger partial charge in [-0.15, -0.1) is 0 Å². The van der Waals surface area contributed by atoms with Gasteiger partial charge in [0, 0.05) is 22.1 Å². The van der Waals surface area contributed by atoms with E-state index in [1.807, 2.05) is 24.3 Å². The second kappa shape index (κ2) is 6.32. The van der Waals surface area contributed by atoms with Crippen molar-refractivity contribution in [1.82, 2.24) is 0 Å². The molecular formula is C24H13ClO3. The zero-order chi connectivity index (χ0) is 19.3. The molecule has 0 spiro atoms. The monoisotopic (exact) mass is 384 g/mol. The Morgan fingerprint density at radius 3 is 2.00 bits per heavy atom. The number of carbonyl (C=O) groups excluding carboxylic acids is 2. The first kappa shape index (κ1) is 16.7. The zero-order valence-electron chi connectivity index (χ0n) is 14.6. The van der Waals surface area contributed by atoms with E-state index < -0.39 is 0 Å². The summed E-state index contributed by atoms with van der Waals surface area (Å²) in [4.78, 5) is 26.0. The maximum atomic E-state index is 13.1. The fourth-order valence-electron chi connectivity index (χ4n) is 3.66. The van der Waals surface area contributed by atoms with E-state index >= 15 is 0 Å². The van der Waals surface area contributed by atoms with Crippen molar-refractivity contribution < 1.29 is 14.3 Å². The van der Waals surface area contributed by atoms with Gasteiger partial charge in [0.25, 0.3) is 0 Å². The lowest BCUT2D eigenvalue weighted by Gasteiger charge is -2.20. The van der Waals surface area contributed by atoms with Crippen LogP contribution in [0.4, 0.5) is 0 Å². The Morgan fingerprint density at radius 1 is 0.607 bits per heavy atom. The third kappa shape index (κ3) is 2.44. The normalized spacial score (nSPS) is 12.6. The highest BCUT2D eigenvalue weighted by Crippen LogP contribution is 2.39. The van der Waals surface area contributed by atoms with Gasteiger partial charge >= 0.3 is 0 Å². The predicted molar refractivity (Wildman–Crippen MR) is 109 cm³/mol. The van der Waals surface area contributed by atoms with Crippen molar-refractivity contribution in [2.75, 3.05) is 0 Å². The molecule has 0 N–H and O–H groups in total. The minimum absolute atomic E-state index is 0.174. The molecule has 4 aromatic rings. The van der Waals surface area contributed by atoms with E-state index in [-0.39, 0.29) is 17.1 Å². The minimum atomic E-state index is -0.216. The Bertz CT molecular complexity index is 1290. The summed E-state index contributed by atoms with van der Waals surface area (Å²) < 4.78 is 6.15. The number of ketones is 2. The number of hydrogen-bond donors (Lipinski definition) is 0. The summed E-state index contributed by atoms with van der Waals surface area (Å²) >= 11 is 6.39. The molecule has 0 aromatic heterocycles. The lowest BCUT2D eigenvalue weighted by atomic mass is 9.83. The molecule has 0 aliphatic heterocycles. The highest BCUT2D eigenvalue weighted by atomic mass is 35.5. The van der Waals surface area contributed by atoms with E-state index in [9.17, 15) is 9.59 Å². The molecule has 0 amide bonds. The van der Waals surface area contributed by atoms with Gasteiger partial charge in [0.2, 0.25) is 0 Å². The van der Waals surface area contributed by atoms with Crippen molar-refractivity contribution in [3.8, 4) is 11.5 Å². The summed E-state index contributed by atoms with van der Waals surface area (Å²) in [6.45, 7) is 0. The van der Waals surface area contributed by atoms with Crippen molar-refractivity contribution >= 4 is 33.9 Å². The van der Waals surface area contributed by atoms with E-state index in [1.54, 1.807) is 54.6 Å². The number of rotatable bonds is 2. The Hall–Kier alpha value is -3.43. The van der Waals surface area contributed by atoms with Gasteiger partial charge < -0.3 is 4.74 Å². The molecule has 0 atom stereocenters. The van der Waals surface area contributed by atoms with Crippen molar-refractivity contribution in [2.45, 2.75) is 0 Å². The lowest BCUT2D eigenvalue weighted by Crippen LogP contribution is -2.21. The fourth-order valence-corrected chi connectivity index (χ4v) is 3.94. The SMILES string of the molecule is O=C1c2ccccc2C(=O)c2c(Oc3cccc4cccc(Cl)c34)cccc21. The highest BCUT2D eigenvalue weighted by molar-refractivity contribution is 6.36. The third-order valence-corrected chi connectivity index (χ3v) is 5.26. The Balaban J connectivity index is 1.69. The Labute approximate surface area is 166 Å². The van der Waals surface area contributed by atoms with Crippen LogP contribution in [0.3, 0.4) is 0 Å². The number of benzene rings is 4. The van der Waals surface area contributed by atoms with E-state index in [2.05, 4.69) is 0 Å². The number of halogens is 1. The van der Waals surface area contributed by atoms with Crippen LogP contribution in [0.1, 0.15) is 31.8 Å². The maximum absolute atomic E-state index is 13.1. The number of fused-ring (bicyclic) bond motifs is 3. The maximum Gasteiger partial charge on any atom is 0.198 e. The van der Waals surface area contributed by atoms with Crippen LogP contribution in [0.15, 0.2) is 78.9 Å². The van der Waals surface area contributed by atoms with E-state index in [0.717, 1.165) is 10.8 Å². The van der Waals surface area contributed by atoms with Crippen LogP contribution in [0.25, 0.3) is 10.8 Å². The number of ether oxygens (including phenoxy) is 1. The average molecular weight is 385 g/mol. The van der Waals surface area contributed by atoms with Crippen LogP contribution in [0, 0.1) is 0 Å². The molecule has 0 unspecified atom stereocenters. The lowest BCUT2D eigenvalue weighted by molar-refractivity contribution is 0.0977. The van der Waals surface area contributed by atoms with Crippen molar-refractivity contribution in [1.29, 1.82) is 0 Å². The molecule has 5 rings (SSSR count). The summed E-state index contributed by atoms with van der Waals surface area (Å²) in [6.07, 6.45) is 0. The van der Waals surface area contributed by atoms with Crippen LogP contribution in [0.2, 0.25) is 5.02 Å². The summed E-state index contributed by atoms with van der Waals surface area (Å²) in [5.41, 5.74) is 1.46. The van der Waals surface area contributed by atoms with E-state index in [4.69, 9.17) is 16.3 Å². The van der Waals surface area contributed by atoms with Crippen molar-refractivity contribution in [3.63, 3.8) is 0 Å². The van der Waals surface area contributed by atoms with Crippen LogP contribution < -0.4 is 4.74 Å². The molecular weight excluding hydrogens is 372 g/mol. The van der Waals surface area contributed by atoms with Crippen LogP contribution in [0.5, 0.6) is 11.5 Å². The second-order valence-corrected chi connectivity index (χ2v) is 6.99. The first-order valence-electron chi connectivity index (χ1n) is 8.81. The molecule has 0 saturated carbocycles. The summed E-state index contributed by atoms with van der Waals surface area (Å²) in [5.74, 6) is 0.493. The molecule has 0 saturated heterocycles. The molecule has 0 bridgehead atoms. The highest BCUT2D eigenvalue weighted by Gasteiger charge is 2.32. The van der Waals surface area contributed by atoms with Crippen LogP contribution >= 0.6 is 11.6 Å². The first-order valence-corrected chi connectivity index (χ1v) is 9.19. The van der Waals surface area contributed by atoms with Gasteiger partial charge in [0.05, 0.1) is 10.6 Å². The number of hydrogen-bond acceptors (Lipinski definition) is 3. The van der Waals surface area contributed by atoms with Gasteiger partial charge in [-0.3, -0.25) is 9.59 Å². The summed E-state index contributed by atoms with van der Waals surface area (Å²) in [7, 11) is 0. The Morgan fingerprint density at radius 2 is 1.21 bits per heavy atom. The Kier molecular flexibility index (Phi) is 3.78.